The van der Waals surface area contributed by atoms with Crippen LogP contribution in [0.15, 0.2) is 0 Å². The maximum absolute atomic E-state index is 5.10. The van der Waals surface area contributed by atoms with Gasteiger partial charge in [0.25, 0.3) is 0 Å². The van der Waals surface area contributed by atoms with Gasteiger partial charge in [-0.1, -0.05) is 0 Å². The topological polar surface area (TPSA) is 4.44 Å². The molecule has 0 aromatic rings. The van der Waals surface area contributed by atoms with Crippen molar-refractivity contribution in [1.82, 2.24) is 0 Å². The fraction of sp³-hybridized carbons (Fsp3) is 0.500. The molecule has 1 N–H and O–H groups in total. The predicted octanol–water partition coefficient (Wildman–Crippen LogP) is -0.842. The van der Waals surface area contributed by atoms with Crippen LogP contribution < -0.4 is 4.90 Å². The Hall–Kier alpha value is -0.920. The molecule has 0 aliphatic carbocycles. The molecule has 1 nitrogen and oxygen atoms in total. The zero-order valence-electron chi connectivity index (χ0n) is 5.78. The molecule has 0 radical (unpaired) electrons. The Bertz CT molecular complexity index is 120. The molecule has 0 bridgehead atoms. The van der Waals surface area contributed by atoms with Crippen LogP contribution in [0, 0.1) is 24.7 Å². The van der Waals surface area contributed by atoms with Gasteiger partial charge in [0.05, 0.1) is 6.54 Å². The maximum atomic E-state index is 5.10. The van der Waals surface area contributed by atoms with Crippen LogP contribution >= 0.6 is 0 Å². The van der Waals surface area contributed by atoms with Crippen molar-refractivity contribution in [3.63, 3.8) is 0 Å². The third kappa shape index (κ3) is 3.64. The molecule has 0 aliphatic rings. The Kier molecular flexibility index (Phi) is 4.69. The summed E-state index contributed by atoms with van der Waals surface area (Å²) in [4.78, 5) is 1.28. The van der Waals surface area contributed by atoms with Crippen molar-refractivity contribution in [1.29, 1.82) is 0 Å². The molecular weight excluding hydrogens is 110 g/mol. The second kappa shape index (κ2) is 5.22. The largest absolute Gasteiger partial charge is 0.315 e. The standard InChI is InChI=1S/C8H11N/c1-4-7-9(6-3)8-5-2/h1-2H,6-8H2,3H3/p+1. The van der Waals surface area contributed by atoms with Gasteiger partial charge in [-0.2, -0.15) is 0 Å². The number of quaternary nitrogens is 1. The van der Waals surface area contributed by atoms with Crippen LogP contribution in [0.5, 0.6) is 0 Å². The van der Waals surface area contributed by atoms with E-state index in [9.17, 15) is 0 Å². The first-order valence-corrected chi connectivity index (χ1v) is 3.05. The zero-order chi connectivity index (χ0) is 7.11. The quantitative estimate of drug-likeness (QED) is 0.465. The Labute approximate surface area is 57.1 Å². The average Bonchev–Trinajstić information content (AvgIpc) is 1.88. The highest BCUT2D eigenvalue weighted by atomic mass is 15.1. The van der Waals surface area contributed by atoms with E-state index in [1.54, 1.807) is 0 Å². The monoisotopic (exact) mass is 122 g/mol. The Morgan fingerprint density at radius 2 is 1.67 bits per heavy atom. The van der Waals surface area contributed by atoms with Crippen LogP contribution in [0.3, 0.4) is 0 Å². The maximum Gasteiger partial charge on any atom is 0.139 e. The third-order valence-electron chi connectivity index (χ3n) is 1.20. The predicted molar refractivity (Wildman–Crippen MR) is 38.9 cm³/mol. The van der Waals surface area contributed by atoms with Gasteiger partial charge in [-0.3, -0.25) is 0 Å². The van der Waals surface area contributed by atoms with E-state index in [2.05, 4.69) is 18.8 Å². The number of rotatable bonds is 3. The molecule has 9 heavy (non-hydrogen) atoms. The number of hydrogen-bond acceptors (Lipinski definition) is 0. The molecule has 0 rings (SSSR count). The molecule has 1 heteroatoms. The van der Waals surface area contributed by atoms with Gasteiger partial charge in [-0.05, 0) is 18.8 Å². The summed E-state index contributed by atoms with van der Waals surface area (Å²) in [6.45, 7) is 4.56. The minimum atomic E-state index is 0.737. The van der Waals surface area contributed by atoms with Crippen molar-refractivity contribution in [2.24, 2.45) is 0 Å². The molecule has 0 saturated heterocycles. The van der Waals surface area contributed by atoms with Gasteiger partial charge in [0.15, 0.2) is 0 Å². The van der Waals surface area contributed by atoms with E-state index >= 15 is 0 Å². The molecule has 0 unspecified atom stereocenters. The van der Waals surface area contributed by atoms with Crippen LogP contribution in [0.1, 0.15) is 6.92 Å². The second-order valence-electron chi connectivity index (χ2n) is 1.87. The van der Waals surface area contributed by atoms with Crippen molar-refractivity contribution in [2.75, 3.05) is 19.6 Å². The molecule has 0 saturated carbocycles. The Morgan fingerprint density at radius 3 is 1.89 bits per heavy atom. The van der Waals surface area contributed by atoms with E-state index in [1.165, 1.54) is 4.90 Å². The summed E-state index contributed by atoms with van der Waals surface area (Å²) in [5.41, 5.74) is 0. The van der Waals surface area contributed by atoms with Crippen LogP contribution in [-0.4, -0.2) is 19.6 Å². The fourth-order valence-corrected chi connectivity index (χ4v) is 0.601. The van der Waals surface area contributed by atoms with Crippen LogP contribution in [0.2, 0.25) is 0 Å². The van der Waals surface area contributed by atoms with Gasteiger partial charge in [-0.25, -0.2) is 0 Å². The molecule has 0 aromatic heterocycles. The minimum absolute atomic E-state index is 0.737. The number of hydrogen-bond donors (Lipinski definition) is 1. The van der Waals surface area contributed by atoms with Crippen LogP contribution in [0.25, 0.3) is 0 Å². The van der Waals surface area contributed by atoms with Gasteiger partial charge >= 0.3 is 0 Å². The van der Waals surface area contributed by atoms with Gasteiger partial charge < -0.3 is 4.90 Å². The lowest BCUT2D eigenvalue weighted by atomic mass is 10.5. The average molecular weight is 122 g/mol. The summed E-state index contributed by atoms with van der Waals surface area (Å²) >= 11 is 0. The number of terminal acetylenes is 2. The first kappa shape index (κ1) is 8.08. The Balaban J connectivity index is 3.47. The summed E-state index contributed by atoms with van der Waals surface area (Å²) in [7, 11) is 0. The van der Waals surface area contributed by atoms with E-state index in [4.69, 9.17) is 12.8 Å². The summed E-state index contributed by atoms with van der Waals surface area (Å²) in [5, 5.41) is 0. The lowest BCUT2D eigenvalue weighted by Crippen LogP contribution is -3.11. The van der Waals surface area contributed by atoms with Crippen molar-refractivity contribution in [3.8, 4) is 24.7 Å². The smallest absolute Gasteiger partial charge is 0.139 e. The SMILES string of the molecule is C#CC[NH+](CC)CC#C. The van der Waals surface area contributed by atoms with E-state index in [-0.39, 0.29) is 0 Å². The molecule has 0 heterocycles. The highest BCUT2D eigenvalue weighted by molar-refractivity contribution is 4.85. The van der Waals surface area contributed by atoms with Crippen LogP contribution in [-0.2, 0) is 0 Å². The third-order valence-corrected chi connectivity index (χ3v) is 1.20. The Morgan fingerprint density at radius 1 is 1.22 bits per heavy atom. The summed E-state index contributed by atoms with van der Waals surface area (Å²) in [6, 6.07) is 0. The molecule has 0 aliphatic heterocycles. The second-order valence-corrected chi connectivity index (χ2v) is 1.87. The first-order valence-electron chi connectivity index (χ1n) is 3.05. The van der Waals surface area contributed by atoms with Crippen molar-refractivity contribution in [2.45, 2.75) is 6.92 Å². The summed E-state index contributed by atoms with van der Waals surface area (Å²) < 4.78 is 0. The van der Waals surface area contributed by atoms with E-state index in [1.807, 2.05) is 0 Å². The fourth-order valence-electron chi connectivity index (χ4n) is 0.601. The summed E-state index contributed by atoms with van der Waals surface area (Å²) in [5.74, 6) is 5.14. The van der Waals surface area contributed by atoms with Crippen LogP contribution in [0.4, 0.5) is 0 Å². The van der Waals surface area contributed by atoms with Crippen molar-refractivity contribution in [3.05, 3.63) is 0 Å². The molecule has 0 atom stereocenters. The van der Waals surface area contributed by atoms with Gasteiger partial charge in [0, 0.05) is 0 Å². The highest BCUT2D eigenvalue weighted by Crippen LogP contribution is 1.47. The highest BCUT2D eigenvalue weighted by Gasteiger charge is 1.97. The normalized spacial score (nSPS) is 8.44. The summed E-state index contributed by atoms with van der Waals surface area (Å²) in [6.07, 6.45) is 10.2. The molecule has 0 amide bonds. The molecule has 48 valence electrons. The number of nitrogens with one attached hydrogen (secondary N) is 1. The van der Waals surface area contributed by atoms with Gasteiger partial charge in [-0.15, -0.1) is 12.8 Å². The molecule has 0 aromatic carbocycles. The minimum Gasteiger partial charge on any atom is -0.315 e. The van der Waals surface area contributed by atoms with Gasteiger partial charge in [0.2, 0.25) is 0 Å². The van der Waals surface area contributed by atoms with Crippen molar-refractivity contribution >= 4 is 0 Å². The van der Waals surface area contributed by atoms with E-state index < -0.39 is 0 Å². The molecule has 0 spiro atoms. The lowest BCUT2D eigenvalue weighted by Gasteiger charge is -2.09. The lowest BCUT2D eigenvalue weighted by molar-refractivity contribution is -0.883. The zero-order valence-corrected chi connectivity index (χ0v) is 5.78. The van der Waals surface area contributed by atoms with Gasteiger partial charge in [0.1, 0.15) is 13.1 Å². The molecular formula is C8H12N+. The van der Waals surface area contributed by atoms with Crippen molar-refractivity contribution < 1.29 is 4.90 Å². The first-order chi connectivity index (χ1) is 4.35. The van der Waals surface area contributed by atoms with E-state index in [0.717, 1.165) is 19.6 Å². The van der Waals surface area contributed by atoms with E-state index in [0.29, 0.717) is 0 Å². The molecule has 0 fully saturated rings.